The number of hydrogen-bond acceptors (Lipinski definition) is 6. The molecule has 0 aliphatic rings. The highest BCUT2D eigenvalue weighted by Gasteiger charge is 2.16. The average molecular weight is 350 g/mol. The molecule has 126 valence electrons. The molecule has 0 spiro atoms. The molecule has 1 N–H and O–H groups in total. The third kappa shape index (κ3) is 3.36. The average Bonchev–Trinajstić information content (AvgIpc) is 3.32. The van der Waals surface area contributed by atoms with E-state index in [1.165, 1.54) is 20.6 Å². The van der Waals surface area contributed by atoms with E-state index in [1.807, 2.05) is 12.1 Å². The summed E-state index contributed by atoms with van der Waals surface area (Å²) in [5.74, 6) is 0.732. The number of fused-ring (bicyclic) bond motifs is 1. The molecule has 25 heavy (non-hydrogen) atoms. The van der Waals surface area contributed by atoms with E-state index in [1.54, 1.807) is 11.3 Å². The van der Waals surface area contributed by atoms with E-state index in [2.05, 4.69) is 74.6 Å². The molecule has 3 heterocycles. The van der Waals surface area contributed by atoms with Gasteiger partial charge in [-0.25, -0.2) is 0 Å². The van der Waals surface area contributed by atoms with Crippen LogP contribution in [0.5, 0.6) is 0 Å². The van der Waals surface area contributed by atoms with Gasteiger partial charge in [-0.3, -0.25) is 0 Å². The van der Waals surface area contributed by atoms with Crippen molar-refractivity contribution in [3.63, 3.8) is 0 Å². The van der Waals surface area contributed by atoms with E-state index in [0.717, 1.165) is 18.7 Å². The molecule has 3 aromatic heterocycles. The molecule has 0 radical (unpaired) electrons. The van der Waals surface area contributed by atoms with Crippen molar-refractivity contribution in [3.05, 3.63) is 69.9 Å². The number of nitrogens with one attached hydrogen (secondary N) is 1. The minimum absolute atomic E-state index is 0.0390. The largest absolute Gasteiger partial charge is 0.357 e. The standard InChI is InChI=1S/C18H18N6S/c1-2-4-13-6-8-14(9-7-13)18(15-5-3-12-25-15)19-16-10-11-17-20-22-23-24(17)21-16/h3,5-12,18H,2,4H2,1H3,(H,19,21)/t18-/m1/s1. The molecule has 7 heteroatoms. The lowest BCUT2D eigenvalue weighted by Crippen LogP contribution is -2.13. The minimum atomic E-state index is 0.0390. The van der Waals surface area contributed by atoms with Gasteiger partial charge in [0.1, 0.15) is 5.82 Å². The van der Waals surface area contributed by atoms with Gasteiger partial charge in [-0.1, -0.05) is 43.7 Å². The highest BCUT2D eigenvalue weighted by Crippen LogP contribution is 2.29. The molecule has 1 atom stereocenters. The minimum Gasteiger partial charge on any atom is -0.357 e. The van der Waals surface area contributed by atoms with Crippen LogP contribution in [0.25, 0.3) is 5.65 Å². The Balaban J connectivity index is 1.66. The van der Waals surface area contributed by atoms with Gasteiger partial charge < -0.3 is 5.32 Å². The summed E-state index contributed by atoms with van der Waals surface area (Å²) < 4.78 is 1.43. The lowest BCUT2D eigenvalue weighted by molar-refractivity contribution is 0.731. The molecule has 0 bridgehead atoms. The zero-order chi connectivity index (χ0) is 17.1. The number of aryl methyl sites for hydroxylation is 1. The fraction of sp³-hybridized carbons (Fsp3) is 0.222. The van der Waals surface area contributed by atoms with E-state index in [0.29, 0.717) is 5.65 Å². The summed E-state index contributed by atoms with van der Waals surface area (Å²) in [6.07, 6.45) is 2.26. The summed E-state index contributed by atoms with van der Waals surface area (Å²) in [5.41, 5.74) is 3.20. The van der Waals surface area contributed by atoms with Gasteiger partial charge in [0.25, 0.3) is 0 Å². The monoisotopic (exact) mass is 350 g/mol. The fourth-order valence-corrected chi connectivity index (χ4v) is 3.62. The first-order valence-corrected chi connectivity index (χ1v) is 9.15. The number of hydrogen-bond donors (Lipinski definition) is 1. The summed E-state index contributed by atoms with van der Waals surface area (Å²) in [5, 5.41) is 21.4. The number of tetrazole rings is 1. The van der Waals surface area contributed by atoms with Gasteiger partial charge >= 0.3 is 0 Å². The van der Waals surface area contributed by atoms with E-state index in [4.69, 9.17) is 0 Å². The maximum atomic E-state index is 4.43. The van der Waals surface area contributed by atoms with Crippen LogP contribution in [-0.4, -0.2) is 25.3 Å². The molecular formula is C18H18N6S. The number of benzene rings is 1. The smallest absolute Gasteiger partial charge is 0.200 e. The summed E-state index contributed by atoms with van der Waals surface area (Å²) in [7, 11) is 0. The van der Waals surface area contributed by atoms with Crippen LogP contribution in [0.15, 0.2) is 53.9 Å². The van der Waals surface area contributed by atoms with Crippen molar-refractivity contribution in [2.24, 2.45) is 0 Å². The zero-order valence-electron chi connectivity index (χ0n) is 13.8. The van der Waals surface area contributed by atoms with Gasteiger partial charge in [0.05, 0.1) is 6.04 Å². The lowest BCUT2D eigenvalue weighted by Gasteiger charge is -2.19. The Morgan fingerprint density at radius 3 is 2.76 bits per heavy atom. The second-order valence-corrected chi connectivity index (χ2v) is 6.81. The van der Waals surface area contributed by atoms with Crippen molar-refractivity contribution in [2.45, 2.75) is 25.8 Å². The number of rotatable bonds is 6. The predicted molar refractivity (Wildman–Crippen MR) is 98.8 cm³/mol. The van der Waals surface area contributed by atoms with E-state index < -0.39 is 0 Å². The molecule has 0 saturated heterocycles. The summed E-state index contributed by atoms with van der Waals surface area (Å²) in [6, 6.07) is 16.8. The second-order valence-electron chi connectivity index (χ2n) is 5.83. The third-order valence-corrected chi connectivity index (χ3v) is 4.98. The van der Waals surface area contributed by atoms with Gasteiger partial charge in [0.2, 0.25) is 0 Å². The van der Waals surface area contributed by atoms with Gasteiger partial charge in [0, 0.05) is 4.88 Å². The molecule has 4 rings (SSSR count). The number of anilines is 1. The quantitative estimate of drug-likeness (QED) is 0.574. The van der Waals surface area contributed by atoms with E-state index in [9.17, 15) is 0 Å². The summed E-state index contributed by atoms with van der Waals surface area (Å²) >= 11 is 1.73. The van der Waals surface area contributed by atoms with Crippen LogP contribution in [0.1, 0.15) is 35.4 Å². The molecule has 4 aromatic rings. The molecule has 1 aromatic carbocycles. The van der Waals surface area contributed by atoms with Gasteiger partial charge in [-0.2, -0.15) is 0 Å². The molecule has 0 fully saturated rings. The Hall–Kier alpha value is -2.80. The first kappa shape index (κ1) is 15.7. The number of aromatic nitrogens is 5. The van der Waals surface area contributed by atoms with Crippen LogP contribution in [0.4, 0.5) is 5.82 Å². The van der Waals surface area contributed by atoms with Crippen molar-refractivity contribution >= 4 is 22.8 Å². The first-order chi connectivity index (χ1) is 12.3. The Labute approximate surface area is 149 Å². The topological polar surface area (TPSA) is 68.0 Å². The molecular weight excluding hydrogens is 332 g/mol. The highest BCUT2D eigenvalue weighted by atomic mass is 32.1. The van der Waals surface area contributed by atoms with Crippen molar-refractivity contribution in [3.8, 4) is 0 Å². The molecule has 0 saturated carbocycles. The van der Waals surface area contributed by atoms with Crippen LogP contribution < -0.4 is 5.32 Å². The SMILES string of the molecule is CCCc1ccc([C@@H](Nc2ccc3nnnn3n2)c2cccs2)cc1. The second kappa shape index (κ2) is 6.98. The van der Waals surface area contributed by atoms with Crippen molar-refractivity contribution in [2.75, 3.05) is 5.32 Å². The van der Waals surface area contributed by atoms with Crippen molar-refractivity contribution in [1.29, 1.82) is 0 Å². The highest BCUT2D eigenvalue weighted by molar-refractivity contribution is 7.10. The molecule has 0 aliphatic heterocycles. The summed E-state index contributed by atoms with van der Waals surface area (Å²) in [4.78, 5) is 1.24. The lowest BCUT2D eigenvalue weighted by atomic mass is 10.0. The predicted octanol–water partition coefficient (Wildman–Crippen LogP) is 3.73. The third-order valence-electron chi connectivity index (χ3n) is 4.04. The molecule has 6 nitrogen and oxygen atoms in total. The Morgan fingerprint density at radius 2 is 2.00 bits per heavy atom. The van der Waals surface area contributed by atoms with Crippen LogP contribution in [0, 0.1) is 0 Å². The van der Waals surface area contributed by atoms with Crippen LogP contribution in [0.2, 0.25) is 0 Å². The normalized spacial score (nSPS) is 12.4. The van der Waals surface area contributed by atoms with Crippen LogP contribution >= 0.6 is 11.3 Å². The van der Waals surface area contributed by atoms with Crippen LogP contribution in [-0.2, 0) is 6.42 Å². The maximum Gasteiger partial charge on any atom is 0.200 e. The molecule has 0 amide bonds. The molecule has 0 unspecified atom stereocenters. The van der Waals surface area contributed by atoms with Crippen molar-refractivity contribution < 1.29 is 0 Å². The Morgan fingerprint density at radius 1 is 1.12 bits per heavy atom. The molecule has 0 aliphatic carbocycles. The van der Waals surface area contributed by atoms with Crippen molar-refractivity contribution in [1.82, 2.24) is 25.3 Å². The maximum absolute atomic E-state index is 4.43. The number of thiophene rings is 1. The summed E-state index contributed by atoms with van der Waals surface area (Å²) in [6.45, 7) is 2.20. The van der Waals surface area contributed by atoms with Gasteiger partial charge in [-0.05, 0) is 51.6 Å². The van der Waals surface area contributed by atoms with Gasteiger partial charge in [-0.15, -0.1) is 26.2 Å². The van der Waals surface area contributed by atoms with Crippen LogP contribution in [0.3, 0.4) is 0 Å². The zero-order valence-corrected chi connectivity index (χ0v) is 14.6. The Kier molecular flexibility index (Phi) is 4.39. The van der Waals surface area contributed by atoms with E-state index in [-0.39, 0.29) is 6.04 Å². The van der Waals surface area contributed by atoms with E-state index >= 15 is 0 Å². The fourth-order valence-electron chi connectivity index (χ4n) is 2.81. The number of nitrogens with zero attached hydrogens (tertiary/aromatic N) is 5. The Bertz CT molecular complexity index is 945. The first-order valence-electron chi connectivity index (χ1n) is 8.27. The van der Waals surface area contributed by atoms with Gasteiger partial charge in [0.15, 0.2) is 5.65 Å².